The van der Waals surface area contributed by atoms with E-state index in [1.807, 2.05) is 6.92 Å². The fourth-order valence-electron chi connectivity index (χ4n) is 7.10. The Morgan fingerprint density at radius 2 is 1.40 bits per heavy atom. The molecule has 63 heavy (non-hydrogen) atoms. The number of amides is 2. The zero-order valence-corrected chi connectivity index (χ0v) is 36.0. The Balaban J connectivity index is 1.03. The Hall–Kier alpha value is -4.65. The monoisotopic (exact) mass is 932 g/mol. The number of carbonyl (C=O) groups excluding carboxylic acids is 2. The summed E-state index contributed by atoms with van der Waals surface area (Å²) in [6.07, 6.45) is -6.01. The van der Waals surface area contributed by atoms with Crippen LogP contribution in [0.2, 0.25) is 0 Å². The summed E-state index contributed by atoms with van der Waals surface area (Å²) in [6.45, 7) is -4.19. The lowest BCUT2D eigenvalue weighted by Gasteiger charge is -2.30. The molecule has 334 valence electrons. The van der Waals surface area contributed by atoms with Gasteiger partial charge >= 0.3 is 6.80 Å². The molecule has 28 heteroatoms. The molecule has 2 radical (unpaired) electrons. The molecular weight excluding hydrogens is 891 g/mol. The molecule has 1 aromatic carbocycles. The number of nitrogens with zero attached hydrogens (tertiary/aromatic N) is 8. The van der Waals surface area contributed by atoms with Gasteiger partial charge in [0.25, 0.3) is 7.47 Å². The minimum atomic E-state index is -4.69. The largest absolute Gasteiger partial charge is 0.389 e. The SMILES string of the molecule is [B]P1(=O)OC[C@H]2O[C@@H](n3cnc4c(N)ncnc43)[C@H](F)[C@@H]2OP(=O)(SCc2ccc(NC(=O)CNC(=O)CCCCC)cc2)OC[C@H]2O[C@@H](n3cnc4c(N)ncnc43)[C@H](F)[C@@H]2O1. The summed E-state index contributed by atoms with van der Waals surface area (Å²) < 4.78 is 99.5. The molecule has 0 spiro atoms. The first kappa shape index (κ1) is 44.9. The summed E-state index contributed by atoms with van der Waals surface area (Å²) in [6, 6.07) is 6.48. The Morgan fingerprint density at radius 1 is 0.825 bits per heavy atom. The number of carbonyl (C=O) groups is 2. The van der Waals surface area contributed by atoms with Gasteiger partial charge in [-0.15, -0.1) is 0 Å². The van der Waals surface area contributed by atoms with E-state index >= 15 is 8.78 Å². The third-order valence-electron chi connectivity index (χ3n) is 10.3. The number of anilines is 3. The summed E-state index contributed by atoms with van der Waals surface area (Å²) in [5.41, 5.74) is 13.4. The molecule has 6 N–H and O–H groups in total. The molecule has 3 fully saturated rings. The molecule has 3 saturated heterocycles. The predicted molar refractivity (Wildman–Crippen MR) is 223 cm³/mol. The van der Waals surface area contributed by atoms with Crippen LogP contribution in [-0.4, -0.2) is 115 Å². The second kappa shape index (κ2) is 18.8. The van der Waals surface area contributed by atoms with Crippen molar-refractivity contribution in [2.75, 3.05) is 36.5 Å². The standard InChI is InChI=1S/C35H41BF2N12O10P2S/c1-2-3-4-5-22(51)41-10-23(52)48-19-8-6-18(7-9-19)13-63-62(54)56-12-21-28(24(37)34(58-21)49-16-46-26-30(39)42-14-44-32(26)49)59-61(36,53)55-11-20-29(60-62)25(38)35(57-20)50-17-47-27-31(40)43-15-45-33(27)50/h6-9,14-17,20-21,24-25,28-29,34-35H,2-5,10-13H2,1H3,(H,41,51)(H,48,52)(H2,39,42,44)(H2,40,43,45)/t20-,21-,24-,25-,28-,29-,34-,35-,61?,62?/m1/s1. The number of hydrogen-bond donors (Lipinski definition) is 4. The van der Waals surface area contributed by atoms with Crippen LogP contribution in [0.25, 0.3) is 22.3 Å². The van der Waals surface area contributed by atoms with Gasteiger partial charge in [0.15, 0.2) is 47.7 Å². The molecule has 2 unspecified atom stereocenters. The highest BCUT2D eigenvalue weighted by molar-refractivity contribution is 8.54. The second-order valence-electron chi connectivity index (χ2n) is 14.7. The van der Waals surface area contributed by atoms with Gasteiger partial charge in [-0.1, -0.05) is 31.9 Å². The van der Waals surface area contributed by atoms with Gasteiger partial charge in [0.1, 0.15) is 48.1 Å². The number of nitrogens with one attached hydrogen (secondary N) is 2. The highest BCUT2D eigenvalue weighted by Crippen LogP contribution is 2.65. The fourth-order valence-corrected chi connectivity index (χ4v) is 11.5. The third-order valence-corrected chi connectivity index (χ3v) is 15.0. The maximum absolute atomic E-state index is 16.8. The number of halogens is 2. The van der Waals surface area contributed by atoms with Crippen molar-refractivity contribution in [2.45, 2.75) is 87.6 Å². The van der Waals surface area contributed by atoms with Gasteiger partial charge in [0.05, 0.1) is 32.4 Å². The van der Waals surface area contributed by atoms with Crippen LogP contribution in [-0.2, 0) is 52.0 Å². The first-order valence-corrected chi connectivity index (χ1v) is 24.4. The van der Waals surface area contributed by atoms with Crippen LogP contribution in [0, 0.1) is 0 Å². The number of alkyl halides is 2. The highest BCUT2D eigenvalue weighted by atomic mass is 32.7. The summed E-state index contributed by atoms with van der Waals surface area (Å²) in [5, 5.41) is 5.30. The molecule has 10 atom stereocenters. The van der Waals surface area contributed by atoms with Crippen LogP contribution in [0.15, 0.2) is 49.6 Å². The van der Waals surface area contributed by atoms with E-state index in [0.29, 0.717) is 29.1 Å². The lowest BCUT2D eigenvalue weighted by molar-refractivity contribution is -0.124. The molecule has 7 heterocycles. The van der Waals surface area contributed by atoms with Gasteiger partial charge < -0.3 is 40.6 Å². The highest BCUT2D eigenvalue weighted by Gasteiger charge is 2.54. The molecule has 3 aliphatic rings. The van der Waals surface area contributed by atoms with E-state index < -0.39 is 82.6 Å². The van der Waals surface area contributed by atoms with Gasteiger partial charge in [-0.05, 0) is 35.5 Å². The van der Waals surface area contributed by atoms with Crippen molar-refractivity contribution in [1.29, 1.82) is 0 Å². The molecular formula is C35H41BF2N12O10P2S. The van der Waals surface area contributed by atoms with Crippen LogP contribution in [0.3, 0.4) is 0 Å². The van der Waals surface area contributed by atoms with Crippen molar-refractivity contribution in [1.82, 2.24) is 44.4 Å². The quantitative estimate of drug-likeness (QED) is 0.0779. The average molecular weight is 933 g/mol. The summed E-state index contributed by atoms with van der Waals surface area (Å²) in [5.74, 6) is -0.661. The predicted octanol–water partition coefficient (Wildman–Crippen LogP) is 4.07. The molecule has 0 bridgehead atoms. The number of fused-ring (bicyclic) bond motifs is 4. The molecule has 3 aliphatic heterocycles. The molecule has 8 rings (SSSR count). The van der Waals surface area contributed by atoms with E-state index in [4.69, 9.17) is 46.6 Å². The van der Waals surface area contributed by atoms with E-state index in [1.54, 1.807) is 24.3 Å². The molecule has 0 saturated carbocycles. The first-order valence-electron chi connectivity index (χ1n) is 19.6. The van der Waals surface area contributed by atoms with Crippen molar-refractivity contribution in [2.24, 2.45) is 0 Å². The van der Waals surface area contributed by atoms with Crippen LogP contribution >= 0.6 is 25.7 Å². The number of imidazole rings is 2. The Morgan fingerprint density at radius 3 is 1.98 bits per heavy atom. The topological polar surface area (TPSA) is 287 Å². The number of unbranched alkanes of at least 4 members (excludes halogenated alkanes) is 2. The van der Waals surface area contributed by atoms with Gasteiger partial charge in [-0.3, -0.25) is 32.3 Å². The van der Waals surface area contributed by atoms with E-state index in [9.17, 15) is 18.7 Å². The van der Waals surface area contributed by atoms with Gasteiger partial charge in [0, 0.05) is 17.9 Å². The van der Waals surface area contributed by atoms with Crippen molar-refractivity contribution in [3.63, 3.8) is 0 Å². The Kier molecular flexibility index (Phi) is 13.4. The lowest BCUT2D eigenvalue weighted by Crippen LogP contribution is -2.37. The number of aromatic nitrogens is 8. The minimum absolute atomic E-state index is 0.0191. The number of benzene rings is 1. The number of nitrogens with two attached hydrogens (primary N) is 2. The van der Waals surface area contributed by atoms with E-state index in [-0.39, 0.29) is 52.2 Å². The van der Waals surface area contributed by atoms with E-state index in [2.05, 4.69) is 40.5 Å². The molecule has 4 aromatic heterocycles. The lowest BCUT2D eigenvalue weighted by atomic mass is 10.1. The summed E-state index contributed by atoms with van der Waals surface area (Å²) in [7, 11) is 1.30. The van der Waals surface area contributed by atoms with E-state index in [1.165, 1.54) is 21.8 Å². The van der Waals surface area contributed by atoms with Gasteiger partial charge in [-0.25, -0.2) is 43.2 Å². The van der Waals surface area contributed by atoms with Gasteiger partial charge in [-0.2, -0.15) is 0 Å². The van der Waals surface area contributed by atoms with Crippen LogP contribution < -0.4 is 22.1 Å². The molecule has 0 aliphatic carbocycles. The Labute approximate surface area is 362 Å². The number of nitrogen functional groups attached to an aromatic ring is 2. The molecule has 5 aromatic rings. The molecule has 22 nitrogen and oxygen atoms in total. The number of ether oxygens (including phenoxy) is 2. The van der Waals surface area contributed by atoms with Crippen molar-refractivity contribution in [3.05, 3.63) is 55.1 Å². The third kappa shape index (κ3) is 9.88. The zero-order valence-electron chi connectivity index (χ0n) is 33.3. The van der Waals surface area contributed by atoms with Crippen molar-refractivity contribution >= 4 is 84.7 Å². The summed E-state index contributed by atoms with van der Waals surface area (Å²) >= 11 is 0.675. The maximum atomic E-state index is 16.8. The second-order valence-corrected chi connectivity index (χ2v) is 20.2. The normalized spacial score (nSPS) is 30.0. The van der Waals surface area contributed by atoms with Crippen LogP contribution in [0.1, 0.15) is 50.6 Å². The average Bonchev–Trinajstić information content (AvgIpc) is 4.03. The van der Waals surface area contributed by atoms with E-state index in [0.717, 1.165) is 31.9 Å². The first-order chi connectivity index (χ1) is 30.2. The van der Waals surface area contributed by atoms with Crippen LogP contribution in [0.4, 0.5) is 26.1 Å². The van der Waals surface area contributed by atoms with Crippen molar-refractivity contribution < 1.29 is 55.1 Å². The minimum Gasteiger partial charge on any atom is -0.382 e. The zero-order chi connectivity index (χ0) is 44.5. The summed E-state index contributed by atoms with van der Waals surface area (Å²) in [4.78, 5) is 49.0. The number of hydrogen-bond acceptors (Lipinski definition) is 19. The van der Waals surface area contributed by atoms with Crippen molar-refractivity contribution in [3.8, 4) is 0 Å². The fraction of sp³-hybridized carbons (Fsp3) is 0.486. The Bertz CT molecular complexity index is 2570. The van der Waals surface area contributed by atoms with Crippen LogP contribution in [0.5, 0.6) is 0 Å². The molecule has 2 amide bonds. The van der Waals surface area contributed by atoms with Gasteiger partial charge in [0.2, 0.25) is 19.4 Å². The smallest absolute Gasteiger partial charge is 0.382 e. The number of rotatable bonds is 12. The maximum Gasteiger partial charge on any atom is 0.389 e.